The second-order valence-corrected chi connectivity index (χ2v) is 6.91. The average Bonchev–Trinajstić information content (AvgIpc) is 2.72. The number of benzene rings is 2. The van der Waals surface area contributed by atoms with Crippen LogP contribution in [0.3, 0.4) is 0 Å². The Morgan fingerprint density at radius 1 is 0.786 bits per heavy atom. The van der Waals surface area contributed by atoms with Gasteiger partial charge < -0.3 is 14.8 Å². The zero-order valence-electron chi connectivity index (χ0n) is 16.6. The SMILES string of the molecule is Cc1ccccc1OCC(COc1ccccc1C)NCCc1ccncc1. The van der Waals surface area contributed by atoms with Gasteiger partial charge in [-0.25, -0.2) is 0 Å². The van der Waals surface area contributed by atoms with E-state index >= 15 is 0 Å². The van der Waals surface area contributed by atoms with Crippen molar-refractivity contribution in [2.45, 2.75) is 26.3 Å². The quantitative estimate of drug-likeness (QED) is 0.571. The summed E-state index contributed by atoms with van der Waals surface area (Å²) >= 11 is 0. The first-order valence-electron chi connectivity index (χ1n) is 9.71. The van der Waals surface area contributed by atoms with Crippen molar-refractivity contribution in [2.24, 2.45) is 0 Å². The number of hydrogen-bond acceptors (Lipinski definition) is 4. The van der Waals surface area contributed by atoms with Crippen molar-refractivity contribution in [1.29, 1.82) is 0 Å². The molecule has 4 heteroatoms. The molecule has 1 N–H and O–H groups in total. The Morgan fingerprint density at radius 3 is 1.86 bits per heavy atom. The van der Waals surface area contributed by atoms with E-state index in [4.69, 9.17) is 9.47 Å². The lowest BCUT2D eigenvalue weighted by Gasteiger charge is -2.21. The van der Waals surface area contributed by atoms with E-state index < -0.39 is 0 Å². The van der Waals surface area contributed by atoms with E-state index in [1.54, 1.807) is 0 Å². The highest BCUT2D eigenvalue weighted by atomic mass is 16.5. The third-order valence-corrected chi connectivity index (χ3v) is 4.66. The second-order valence-electron chi connectivity index (χ2n) is 6.91. The normalized spacial score (nSPS) is 10.8. The van der Waals surface area contributed by atoms with Gasteiger partial charge in [0, 0.05) is 12.4 Å². The van der Waals surface area contributed by atoms with Crippen molar-refractivity contribution in [3.05, 3.63) is 89.7 Å². The van der Waals surface area contributed by atoms with Crippen molar-refractivity contribution in [2.75, 3.05) is 19.8 Å². The van der Waals surface area contributed by atoms with E-state index in [0.717, 1.165) is 35.6 Å². The van der Waals surface area contributed by atoms with Crippen molar-refractivity contribution < 1.29 is 9.47 Å². The minimum absolute atomic E-state index is 0.0843. The fraction of sp³-hybridized carbons (Fsp3) is 0.292. The van der Waals surface area contributed by atoms with Crippen molar-refractivity contribution >= 4 is 0 Å². The van der Waals surface area contributed by atoms with Crippen LogP contribution >= 0.6 is 0 Å². The molecule has 0 saturated heterocycles. The van der Waals surface area contributed by atoms with Gasteiger partial charge in [0.25, 0.3) is 0 Å². The highest BCUT2D eigenvalue weighted by Gasteiger charge is 2.12. The van der Waals surface area contributed by atoms with Crippen molar-refractivity contribution in [1.82, 2.24) is 10.3 Å². The molecule has 0 atom stereocenters. The van der Waals surface area contributed by atoms with Crippen LogP contribution in [0.4, 0.5) is 0 Å². The molecule has 1 heterocycles. The third-order valence-electron chi connectivity index (χ3n) is 4.66. The highest BCUT2D eigenvalue weighted by molar-refractivity contribution is 5.32. The van der Waals surface area contributed by atoms with Gasteiger partial charge in [0.05, 0.1) is 6.04 Å². The summed E-state index contributed by atoms with van der Waals surface area (Å²) in [6, 6.07) is 20.3. The van der Waals surface area contributed by atoms with Crippen LogP contribution in [0.5, 0.6) is 11.5 Å². The first-order valence-corrected chi connectivity index (χ1v) is 9.71. The number of pyridine rings is 1. The van der Waals surface area contributed by atoms with Gasteiger partial charge in [-0.3, -0.25) is 4.98 Å². The predicted molar refractivity (Wildman–Crippen MR) is 113 cm³/mol. The third kappa shape index (κ3) is 6.10. The standard InChI is InChI=1S/C24H28N2O2/c1-19-7-3-5-9-23(19)27-17-22(18-28-24-10-6-4-8-20(24)2)26-16-13-21-11-14-25-15-12-21/h3-12,14-15,22,26H,13,16-18H2,1-2H3. The van der Waals surface area contributed by atoms with Gasteiger partial charge in [-0.05, 0) is 67.8 Å². The first-order chi connectivity index (χ1) is 13.7. The van der Waals surface area contributed by atoms with Crippen LogP contribution in [0, 0.1) is 13.8 Å². The molecule has 28 heavy (non-hydrogen) atoms. The van der Waals surface area contributed by atoms with Crippen LogP contribution < -0.4 is 14.8 Å². The number of ether oxygens (including phenoxy) is 2. The summed E-state index contributed by atoms with van der Waals surface area (Å²) < 4.78 is 12.1. The monoisotopic (exact) mass is 376 g/mol. The van der Waals surface area contributed by atoms with Gasteiger partial charge in [0.15, 0.2) is 0 Å². The van der Waals surface area contributed by atoms with E-state index in [-0.39, 0.29) is 6.04 Å². The Kier molecular flexibility index (Phi) is 7.44. The molecular weight excluding hydrogens is 348 g/mol. The Balaban J connectivity index is 1.57. The molecule has 0 aliphatic rings. The molecule has 2 aromatic carbocycles. The lowest BCUT2D eigenvalue weighted by atomic mass is 10.2. The molecule has 3 rings (SSSR count). The van der Waals surface area contributed by atoms with E-state index in [2.05, 4.69) is 36.3 Å². The van der Waals surface area contributed by atoms with Gasteiger partial charge in [-0.2, -0.15) is 0 Å². The molecule has 0 bridgehead atoms. The number of para-hydroxylation sites is 2. The summed E-state index contributed by atoms with van der Waals surface area (Å²) in [5, 5.41) is 3.58. The summed E-state index contributed by atoms with van der Waals surface area (Å²) in [6.07, 6.45) is 4.60. The second kappa shape index (κ2) is 10.5. The maximum Gasteiger partial charge on any atom is 0.122 e. The van der Waals surface area contributed by atoms with E-state index in [1.807, 2.05) is 60.9 Å². The van der Waals surface area contributed by atoms with Gasteiger partial charge in [0.1, 0.15) is 24.7 Å². The van der Waals surface area contributed by atoms with Crippen LogP contribution in [-0.2, 0) is 6.42 Å². The lowest BCUT2D eigenvalue weighted by Crippen LogP contribution is -2.40. The molecule has 0 aliphatic heterocycles. The summed E-state index contributed by atoms with van der Waals surface area (Å²) in [5.74, 6) is 1.83. The van der Waals surface area contributed by atoms with Crippen LogP contribution in [-0.4, -0.2) is 30.8 Å². The summed E-state index contributed by atoms with van der Waals surface area (Å²) in [7, 11) is 0. The van der Waals surface area contributed by atoms with Crippen molar-refractivity contribution in [3.8, 4) is 11.5 Å². The maximum atomic E-state index is 6.07. The van der Waals surface area contributed by atoms with Crippen LogP contribution in [0.15, 0.2) is 73.1 Å². The highest BCUT2D eigenvalue weighted by Crippen LogP contribution is 2.18. The van der Waals surface area contributed by atoms with E-state index in [1.165, 1.54) is 5.56 Å². The predicted octanol–water partition coefficient (Wildman–Crippen LogP) is 4.36. The largest absolute Gasteiger partial charge is 0.492 e. The van der Waals surface area contributed by atoms with Gasteiger partial charge in [0.2, 0.25) is 0 Å². The number of nitrogens with one attached hydrogen (secondary N) is 1. The molecule has 0 aliphatic carbocycles. The van der Waals surface area contributed by atoms with E-state index in [0.29, 0.717) is 13.2 Å². The summed E-state index contributed by atoms with van der Waals surface area (Å²) in [6.45, 7) is 6.07. The lowest BCUT2D eigenvalue weighted by molar-refractivity contribution is 0.195. The minimum atomic E-state index is 0.0843. The molecule has 3 aromatic rings. The molecule has 0 fully saturated rings. The number of hydrogen-bond donors (Lipinski definition) is 1. The molecule has 0 saturated carbocycles. The van der Waals surface area contributed by atoms with Crippen molar-refractivity contribution in [3.63, 3.8) is 0 Å². The van der Waals surface area contributed by atoms with Gasteiger partial charge in [-0.15, -0.1) is 0 Å². The Labute approximate surface area is 167 Å². The Morgan fingerprint density at radius 2 is 1.32 bits per heavy atom. The molecule has 4 nitrogen and oxygen atoms in total. The summed E-state index contributed by atoms with van der Waals surface area (Å²) in [5.41, 5.74) is 3.54. The topological polar surface area (TPSA) is 43.4 Å². The van der Waals surface area contributed by atoms with Crippen LogP contribution in [0.25, 0.3) is 0 Å². The van der Waals surface area contributed by atoms with Crippen LogP contribution in [0.1, 0.15) is 16.7 Å². The average molecular weight is 377 g/mol. The van der Waals surface area contributed by atoms with Gasteiger partial charge >= 0.3 is 0 Å². The molecule has 1 aromatic heterocycles. The van der Waals surface area contributed by atoms with Crippen LogP contribution in [0.2, 0.25) is 0 Å². The molecule has 146 valence electrons. The smallest absolute Gasteiger partial charge is 0.122 e. The number of rotatable bonds is 10. The molecule has 0 unspecified atom stereocenters. The Hall–Kier alpha value is -2.85. The first kappa shape index (κ1) is 19.9. The fourth-order valence-corrected chi connectivity index (χ4v) is 2.95. The summed E-state index contributed by atoms with van der Waals surface area (Å²) in [4.78, 5) is 4.07. The molecule has 0 radical (unpaired) electrons. The number of nitrogens with zero attached hydrogens (tertiary/aromatic N) is 1. The number of aryl methyl sites for hydroxylation is 2. The number of aromatic nitrogens is 1. The molecular formula is C24H28N2O2. The van der Waals surface area contributed by atoms with Gasteiger partial charge in [-0.1, -0.05) is 36.4 Å². The minimum Gasteiger partial charge on any atom is -0.492 e. The molecule has 0 spiro atoms. The maximum absolute atomic E-state index is 6.07. The van der Waals surface area contributed by atoms with E-state index in [9.17, 15) is 0 Å². The fourth-order valence-electron chi connectivity index (χ4n) is 2.95. The Bertz CT molecular complexity index is 802. The molecule has 0 amide bonds. The zero-order valence-corrected chi connectivity index (χ0v) is 16.6. The zero-order chi connectivity index (χ0) is 19.6.